The third kappa shape index (κ3) is 4.38. The number of hydrogen-bond donors (Lipinski definition) is 1. The van der Waals surface area contributed by atoms with E-state index in [1.54, 1.807) is 30.7 Å². The summed E-state index contributed by atoms with van der Waals surface area (Å²) in [5, 5.41) is 2.89. The van der Waals surface area contributed by atoms with Crippen LogP contribution in [0, 0.1) is 0 Å². The van der Waals surface area contributed by atoms with Crippen molar-refractivity contribution in [1.82, 2.24) is 20.3 Å². The van der Waals surface area contributed by atoms with E-state index in [-0.39, 0.29) is 5.91 Å². The van der Waals surface area contributed by atoms with Gasteiger partial charge in [0.2, 0.25) is 5.88 Å². The molecule has 0 radical (unpaired) electrons. The highest BCUT2D eigenvalue weighted by Crippen LogP contribution is 2.16. The number of ether oxygens (including phenoxy) is 1. The Morgan fingerprint density at radius 1 is 1.08 bits per heavy atom. The summed E-state index contributed by atoms with van der Waals surface area (Å²) in [6, 6.07) is 11.0. The predicted molar refractivity (Wildman–Crippen MR) is 94.0 cm³/mol. The molecule has 0 aliphatic heterocycles. The molecule has 1 N–H and O–H groups in total. The van der Waals surface area contributed by atoms with E-state index >= 15 is 0 Å². The second kappa shape index (κ2) is 8.01. The molecule has 0 aliphatic carbocycles. The smallest absolute Gasteiger partial charge is 0.253 e. The molecule has 3 aromatic heterocycles. The zero-order valence-electron chi connectivity index (χ0n) is 13.8. The summed E-state index contributed by atoms with van der Waals surface area (Å²) in [7, 11) is 0. The maximum Gasteiger partial charge on any atom is 0.253 e. The first kappa shape index (κ1) is 16.6. The number of pyridine rings is 3. The standard InChI is InChI=1S/C19H18N4O2/c1-2-25-18-4-3-16(13-22-18)19(24)23-12-14-5-10-21-17(11-14)15-6-8-20-9-7-15/h3-11,13H,2,12H2,1H3,(H,23,24). The van der Waals surface area contributed by atoms with Gasteiger partial charge in [-0.15, -0.1) is 0 Å². The number of nitrogens with one attached hydrogen (secondary N) is 1. The van der Waals surface area contributed by atoms with Crippen LogP contribution in [0.1, 0.15) is 22.8 Å². The molecular formula is C19H18N4O2. The van der Waals surface area contributed by atoms with Gasteiger partial charge in [-0.25, -0.2) is 4.98 Å². The molecule has 0 spiro atoms. The average Bonchev–Trinajstić information content (AvgIpc) is 2.68. The number of carbonyl (C=O) groups is 1. The van der Waals surface area contributed by atoms with E-state index < -0.39 is 0 Å². The zero-order chi connectivity index (χ0) is 17.5. The molecule has 0 saturated heterocycles. The third-order valence-corrected chi connectivity index (χ3v) is 3.54. The van der Waals surface area contributed by atoms with Gasteiger partial charge in [0.15, 0.2) is 0 Å². The highest BCUT2D eigenvalue weighted by molar-refractivity contribution is 5.93. The average molecular weight is 334 g/mol. The Hall–Kier alpha value is -3.28. The number of carbonyl (C=O) groups excluding carboxylic acids is 1. The molecular weight excluding hydrogens is 316 g/mol. The SMILES string of the molecule is CCOc1ccc(C(=O)NCc2ccnc(-c3ccncc3)c2)cn1. The number of aromatic nitrogens is 3. The van der Waals surface area contributed by atoms with E-state index in [2.05, 4.69) is 20.3 Å². The summed E-state index contributed by atoms with van der Waals surface area (Å²) in [5.74, 6) is 0.327. The Balaban J connectivity index is 1.64. The highest BCUT2D eigenvalue weighted by atomic mass is 16.5. The largest absolute Gasteiger partial charge is 0.478 e. The quantitative estimate of drug-likeness (QED) is 0.750. The Kier molecular flexibility index (Phi) is 5.31. The zero-order valence-corrected chi connectivity index (χ0v) is 13.8. The highest BCUT2D eigenvalue weighted by Gasteiger charge is 2.07. The molecule has 0 aliphatic rings. The lowest BCUT2D eigenvalue weighted by Gasteiger charge is -2.08. The monoisotopic (exact) mass is 334 g/mol. The minimum absolute atomic E-state index is 0.183. The van der Waals surface area contributed by atoms with Crippen molar-refractivity contribution in [1.29, 1.82) is 0 Å². The second-order valence-electron chi connectivity index (χ2n) is 5.29. The van der Waals surface area contributed by atoms with Crippen LogP contribution in [0.15, 0.2) is 61.2 Å². The molecule has 3 rings (SSSR count). The molecule has 6 heteroatoms. The van der Waals surface area contributed by atoms with E-state index in [0.717, 1.165) is 16.8 Å². The van der Waals surface area contributed by atoms with Crippen LogP contribution in [0.4, 0.5) is 0 Å². The van der Waals surface area contributed by atoms with Gasteiger partial charge in [0.1, 0.15) is 0 Å². The van der Waals surface area contributed by atoms with Gasteiger partial charge >= 0.3 is 0 Å². The first-order chi connectivity index (χ1) is 12.3. The van der Waals surface area contributed by atoms with Crippen LogP contribution in [0.25, 0.3) is 11.3 Å². The van der Waals surface area contributed by atoms with Crippen LogP contribution >= 0.6 is 0 Å². The van der Waals surface area contributed by atoms with Gasteiger partial charge in [0, 0.05) is 43.0 Å². The summed E-state index contributed by atoms with van der Waals surface area (Å²) >= 11 is 0. The molecule has 0 atom stereocenters. The number of hydrogen-bond acceptors (Lipinski definition) is 5. The van der Waals surface area contributed by atoms with E-state index in [1.807, 2.05) is 31.2 Å². The molecule has 6 nitrogen and oxygen atoms in total. The lowest BCUT2D eigenvalue weighted by molar-refractivity contribution is 0.0950. The van der Waals surface area contributed by atoms with Crippen molar-refractivity contribution in [2.45, 2.75) is 13.5 Å². The van der Waals surface area contributed by atoms with Crippen molar-refractivity contribution in [3.05, 3.63) is 72.3 Å². The van der Waals surface area contributed by atoms with Gasteiger partial charge in [-0.3, -0.25) is 14.8 Å². The first-order valence-corrected chi connectivity index (χ1v) is 7.98. The summed E-state index contributed by atoms with van der Waals surface area (Å²) in [5.41, 5.74) is 3.29. The minimum Gasteiger partial charge on any atom is -0.478 e. The van der Waals surface area contributed by atoms with Crippen LogP contribution in [-0.4, -0.2) is 27.5 Å². The minimum atomic E-state index is -0.183. The van der Waals surface area contributed by atoms with Gasteiger partial charge in [-0.05, 0) is 42.8 Å². The normalized spacial score (nSPS) is 10.3. The maximum atomic E-state index is 12.2. The molecule has 1 amide bonds. The fraction of sp³-hybridized carbons (Fsp3) is 0.158. The predicted octanol–water partition coefficient (Wildman–Crippen LogP) is 2.87. The van der Waals surface area contributed by atoms with Crippen LogP contribution in [0.3, 0.4) is 0 Å². The van der Waals surface area contributed by atoms with Gasteiger partial charge in [0.05, 0.1) is 17.9 Å². The molecule has 0 aromatic carbocycles. The molecule has 126 valence electrons. The third-order valence-electron chi connectivity index (χ3n) is 3.54. The van der Waals surface area contributed by atoms with Crippen LogP contribution in [0.2, 0.25) is 0 Å². The molecule has 3 heterocycles. The van der Waals surface area contributed by atoms with Gasteiger partial charge < -0.3 is 10.1 Å². The van der Waals surface area contributed by atoms with Crippen molar-refractivity contribution >= 4 is 5.91 Å². The number of rotatable bonds is 6. The Morgan fingerprint density at radius 3 is 2.64 bits per heavy atom. The van der Waals surface area contributed by atoms with Gasteiger partial charge in [0.25, 0.3) is 5.91 Å². The van der Waals surface area contributed by atoms with E-state index in [4.69, 9.17) is 4.74 Å². The molecule has 0 fully saturated rings. The van der Waals surface area contributed by atoms with Crippen molar-refractivity contribution in [3.63, 3.8) is 0 Å². The second-order valence-corrected chi connectivity index (χ2v) is 5.29. The van der Waals surface area contributed by atoms with E-state index in [1.165, 1.54) is 6.20 Å². The summed E-state index contributed by atoms with van der Waals surface area (Å²) in [6.07, 6.45) is 6.69. The summed E-state index contributed by atoms with van der Waals surface area (Å²) < 4.78 is 5.27. The Bertz CT molecular complexity index is 836. The molecule has 3 aromatic rings. The molecule has 0 bridgehead atoms. The van der Waals surface area contributed by atoms with E-state index in [9.17, 15) is 4.79 Å². The van der Waals surface area contributed by atoms with Crippen LogP contribution < -0.4 is 10.1 Å². The van der Waals surface area contributed by atoms with Crippen LogP contribution in [0.5, 0.6) is 5.88 Å². The van der Waals surface area contributed by atoms with Gasteiger partial charge in [-0.1, -0.05) is 0 Å². The lowest BCUT2D eigenvalue weighted by Crippen LogP contribution is -2.23. The van der Waals surface area contributed by atoms with Crippen molar-refractivity contribution < 1.29 is 9.53 Å². The summed E-state index contributed by atoms with van der Waals surface area (Å²) in [4.78, 5) is 24.7. The summed E-state index contributed by atoms with van der Waals surface area (Å²) in [6.45, 7) is 2.84. The van der Waals surface area contributed by atoms with Gasteiger partial charge in [-0.2, -0.15) is 0 Å². The molecule has 0 unspecified atom stereocenters. The first-order valence-electron chi connectivity index (χ1n) is 7.98. The molecule has 25 heavy (non-hydrogen) atoms. The Morgan fingerprint density at radius 2 is 1.92 bits per heavy atom. The fourth-order valence-corrected chi connectivity index (χ4v) is 2.30. The number of nitrogens with zero attached hydrogens (tertiary/aromatic N) is 3. The number of amides is 1. The molecule has 0 saturated carbocycles. The van der Waals surface area contributed by atoms with E-state index in [0.29, 0.717) is 24.6 Å². The topological polar surface area (TPSA) is 77.0 Å². The van der Waals surface area contributed by atoms with Crippen LogP contribution in [-0.2, 0) is 6.54 Å². The van der Waals surface area contributed by atoms with Crippen molar-refractivity contribution in [2.24, 2.45) is 0 Å². The fourth-order valence-electron chi connectivity index (χ4n) is 2.30. The van der Waals surface area contributed by atoms with Crippen molar-refractivity contribution in [2.75, 3.05) is 6.61 Å². The Labute approximate surface area is 145 Å². The maximum absolute atomic E-state index is 12.2. The van der Waals surface area contributed by atoms with Crippen molar-refractivity contribution in [3.8, 4) is 17.1 Å². The lowest BCUT2D eigenvalue weighted by atomic mass is 10.1.